The number of phenolic OH excluding ortho intramolecular Hbond substituents is 1. The number of hydrogen-bond acceptors (Lipinski definition) is 5. The van der Waals surface area contributed by atoms with E-state index in [9.17, 15) is 5.11 Å². The van der Waals surface area contributed by atoms with Gasteiger partial charge in [0, 0.05) is 30.1 Å². The Bertz CT molecular complexity index is 1040. The van der Waals surface area contributed by atoms with E-state index in [1.54, 1.807) is 18.6 Å². The summed E-state index contributed by atoms with van der Waals surface area (Å²) in [4.78, 5) is 4.46. The molecular formula is C24H24N2O3. The van der Waals surface area contributed by atoms with Crippen molar-refractivity contribution in [2.24, 2.45) is 4.99 Å². The first-order valence-electron chi connectivity index (χ1n) is 9.78. The van der Waals surface area contributed by atoms with Gasteiger partial charge in [-0.25, -0.2) is 0 Å². The lowest BCUT2D eigenvalue weighted by atomic mass is 9.94. The van der Waals surface area contributed by atoms with E-state index < -0.39 is 0 Å². The summed E-state index contributed by atoms with van der Waals surface area (Å²) >= 11 is 0. The van der Waals surface area contributed by atoms with E-state index in [0.717, 1.165) is 34.2 Å². The van der Waals surface area contributed by atoms with Gasteiger partial charge in [-0.05, 0) is 52.9 Å². The van der Waals surface area contributed by atoms with Gasteiger partial charge in [-0.15, -0.1) is 0 Å². The highest BCUT2D eigenvalue weighted by atomic mass is 16.5. The van der Waals surface area contributed by atoms with Crippen LogP contribution in [0, 0.1) is 0 Å². The Hall–Kier alpha value is -3.47. The molecule has 0 saturated carbocycles. The molecule has 148 valence electrons. The lowest BCUT2D eigenvalue weighted by Gasteiger charge is -2.15. The van der Waals surface area contributed by atoms with Gasteiger partial charge in [-0.2, -0.15) is 0 Å². The molecule has 1 aliphatic heterocycles. The average molecular weight is 388 g/mol. The number of phenols is 1. The number of aliphatic imine (C=N–C) groups is 1. The van der Waals surface area contributed by atoms with Crippen molar-refractivity contribution in [2.45, 2.75) is 26.4 Å². The zero-order valence-corrected chi connectivity index (χ0v) is 16.4. The van der Waals surface area contributed by atoms with E-state index in [0.29, 0.717) is 25.4 Å². The van der Waals surface area contributed by atoms with Gasteiger partial charge in [0.2, 0.25) is 0 Å². The number of benzene rings is 2. The Morgan fingerprint density at radius 2 is 2.10 bits per heavy atom. The molecule has 0 saturated heterocycles. The molecule has 4 rings (SSSR count). The maximum atomic E-state index is 10.1. The van der Waals surface area contributed by atoms with Crippen LogP contribution in [0.2, 0.25) is 0 Å². The Morgan fingerprint density at radius 1 is 1.17 bits per heavy atom. The molecule has 0 fully saturated rings. The lowest BCUT2D eigenvalue weighted by molar-refractivity contribution is 0.299. The van der Waals surface area contributed by atoms with E-state index in [1.807, 2.05) is 37.5 Å². The SMILES string of the molecule is CCCOc1ccc(CNC=C2C=NCc3ccc(-c4ccoc4)cc32)cc1O. The first-order chi connectivity index (χ1) is 14.2. The number of ether oxygens (including phenoxy) is 1. The average Bonchev–Trinajstić information content (AvgIpc) is 3.28. The van der Waals surface area contributed by atoms with Crippen LogP contribution in [-0.4, -0.2) is 17.9 Å². The van der Waals surface area contributed by atoms with E-state index in [-0.39, 0.29) is 5.75 Å². The number of nitrogens with one attached hydrogen (secondary N) is 1. The first-order valence-corrected chi connectivity index (χ1v) is 9.78. The summed E-state index contributed by atoms with van der Waals surface area (Å²) in [5, 5.41) is 13.5. The van der Waals surface area contributed by atoms with Gasteiger partial charge < -0.3 is 19.6 Å². The Balaban J connectivity index is 1.48. The van der Waals surface area contributed by atoms with Gasteiger partial charge in [0.1, 0.15) is 0 Å². The van der Waals surface area contributed by atoms with Crippen LogP contribution < -0.4 is 10.1 Å². The van der Waals surface area contributed by atoms with Gasteiger partial charge in [0.05, 0.1) is 25.7 Å². The third-order valence-electron chi connectivity index (χ3n) is 4.82. The molecule has 5 heteroatoms. The van der Waals surface area contributed by atoms with Crippen molar-refractivity contribution in [3.8, 4) is 22.6 Å². The summed E-state index contributed by atoms with van der Waals surface area (Å²) in [6.45, 7) is 3.91. The third kappa shape index (κ3) is 4.35. The fourth-order valence-electron chi connectivity index (χ4n) is 3.30. The molecule has 29 heavy (non-hydrogen) atoms. The Morgan fingerprint density at radius 3 is 2.90 bits per heavy atom. The second-order valence-electron chi connectivity index (χ2n) is 6.98. The molecule has 0 aliphatic carbocycles. The van der Waals surface area contributed by atoms with Gasteiger partial charge >= 0.3 is 0 Å². The number of aromatic hydroxyl groups is 1. The molecule has 0 atom stereocenters. The summed E-state index contributed by atoms with van der Waals surface area (Å²) in [5.41, 5.74) is 6.54. The number of furan rings is 1. The molecule has 2 heterocycles. The molecule has 2 N–H and O–H groups in total. The van der Waals surface area contributed by atoms with Crippen LogP contribution in [-0.2, 0) is 13.1 Å². The van der Waals surface area contributed by atoms with Gasteiger partial charge in [0.15, 0.2) is 11.5 Å². The minimum Gasteiger partial charge on any atom is -0.504 e. The number of fused-ring (bicyclic) bond motifs is 1. The smallest absolute Gasteiger partial charge is 0.160 e. The molecule has 0 spiro atoms. The van der Waals surface area contributed by atoms with E-state index in [4.69, 9.17) is 9.15 Å². The number of hydrogen-bond donors (Lipinski definition) is 2. The molecule has 0 bridgehead atoms. The Labute approximate surface area is 170 Å². The van der Waals surface area contributed by atoms with E-state index >= 15 is 0 Å². The van der Waals surface area contributed by atoms with Crippen LogP contribution in [0.15, 0.2) is 70.6 Å². The topological polar surface area (TPSA) is 67.0 Å². The second-order valence-corrected chi connectivity index (χ2v) is 6.98. The number of allylic oxidation sites excluding steroid dienone is 1. The predicted octanol–water partition coefficient (Wildman–Crippen LogP) is 5.16. The molecule has 1 aromatic heterocycles. The fourth-order valence-corrected chi connectivity index (χ4v) is 3.30. The quantitative estimate of drug-likeness (QED) is 0.587. The third-order valence-corrected chi connectivity index (χ3v) is 4.82. The Kier molecular flexibility index (Phi) is 5.66. The molecule has 3 aromatic rings. The monoisotopic (exact) mass is 388 g/mol. The summed E-state index contributed by atoms with van der Waals surface area (Å²) < 4.78 is 10.7. The molecule has 0 radical (unpaired) electrons. The predicted molar refractivity (Wildman–Crippen MR) is 115 cm³/mol. The molecule has 0 unspecified atom stereocenters. The lowest BCUT2D eigenvalue weighted by Crippen LogP contribution is -2.09. The fraction of sp³-hybridized carbons (Fsp3) is 0.208. The molecule has 5 nitrogen and oxygen atoms in total. The summed E-state index contributed by atoms with van der Waals surface area (Å²) in [6.07, 6.45) is 8.21. The van der Waals surface area contributed by atoms with Gasteiger partial charge in [-0.3, -0.25) is 4.99 Å². The number of nitrogens with zero attached hydrogens (tertiary/aromatic N) is 1. The number of rotatable bonds is 7. The maximum Gasteiger partial charge on any atom is 0.160 e. The zero-order valence-electron chi connectivity index (χ0n) is 16.4. The zero-order chi connectivity index (χ0) is 20.1. The highest BCUT2D eigenvalue weighted by Gasteiger charge is 2.12. The maximum absolute atomic E-state index is 10.1. The largest absolute Gasteiger partial charge is 0.504 e. The molecule has 0 amide bonds. The summed E-state index contributed by atoms with van der Waals surface area (Å²) in [6, 6.07) is 13.8. The highest BCUT2D eigenvalue weighted by molar-refractivity contribution is 6.11. The van der Waals surface area contributed by atoms with Crippen LogP contribution in [0.25, 0.3) is 16.7 Å². The van der Waals surface area contributed by atoms with Crippen LogP contribution in [0.4, 0.5) is 0 Å². The molecular weight excluding hydrogens is 364 g/mol. The van der Waals surface area contributed by atoms with Crippen molar-refractivity contribution in [3.63, 3.8) is 0 Å². The van der Waals surface area contributed by atoms with E-state index in [2.05, 4.69) is 28.5 Å². The minimum absolute atomic E-state index is 0.166. The van der Waals surface area contributed by atoms with E-state index in [1.165, 1.54) is 5.56 Å². The molecule has 1 aliphatic rings. The second kappa shape index (κ2) is 8.69. The minimum atomic E-state index is 0.166. The summed E-state index contributed by atoms with van der Waals surface area (Å²) in [7, 11) is 0. The first kappa shape index (κ1) is 18.9. The summed E-state index contributed by atoms with van der Waals surface area (Å²) in [5.74, 6) is 0.689. The van der Waals surface area contributed by atoms with Crippen LogP contribution in [0.3, 0.4) is 0 Å². The standard InChI is InChI=1S/C24H24N2O3/c1-2-8-29-24-6-3-17(10-23(24)27)12-25-14-21-15-26-13-19-5-4-18(11-22(19)21)20-7-9-28-16-20/h3-7,9-11,14-16,25,27H,2,8,12-13H2,1H3. The van der Waals surface area contributed by atoms with Crippen LogP contribution in [0.1, 0.15) is 30.0 Å². The van der Waals surface area contributed by atoms with Gasteiger partial charge in [0.25, 0.3) is 0 Å². The van der Waals surface area contributed by atoms with Crippen molar-refractivity contribution in [1.82, 2.24) is 5.32 Å². The highest BCUT2D eigenvalue weighted by Crippen LogP contribution is 2.29. The van der Waals surface area contributed by atoms with Crippen LogP contribution >= 0.6 is 0 Å². The van der Waals surface area contributed by atoms with Gasteiger partial charge in [-0.1, -0.05) is 25.1 Å². The normalized spacial score (nSPS) is 14.0. The van der Waals surface area contributed by atoms with Crippen molar-refractivity contribution in [3.05, 3.63) is 77.9 Å². The molecule has 2 aromatic carbocycles. The van der Waals surface area contributed by atoms with Crippen LogP contribution in [0.5, 0.6) is 11.5 Å². The van der Waals surface area contributed by atoms with Crippen molar-refractivity contribution < 1.29 is 14.3 Å². The van der Waals surface area contributed by atoms with Crippen molar-refractivity contribution >= 4 is 11.8 Å². The van der Waals surface area contributed by atoms with Crippen molar-refractivity contribution in [1.29, 1.82) is 0 Å². The van der Waals surface area contributed by atoms with Crippen molar-refractivity contribution in [2.75, 3.05) is 6.61 Å².